The molecule has 0 N–H and O–H groups in total. The van der Waals surface area contributed by atoms with E-state index in [2.05, 4.69) is 0 Å². The summed E-state index contributed by atoms with van der Waals surface area (Å²) in [6.07, 6.45) is 8.41. The SMILES string of the molecule is COc1ccc(CC=CC(=O)C=CCc2ccc(OC)cc2)cc1. The fourth-order valence-electron chi connectivity index (χ4n) is 2.20. The van der Waals surface area contributed by atoms with E-state index in [1.54, 1.807) is 26.4 Å². The summed E-state index contributed by atoms with van der Waals surface area (Å²) in [6, 6.07) is 15.6. The summed E-state index contributed by atoms with van der Waals surface area (Å²) in [5.74, 6) is 1.66. The molecule has 2 rings (SSSR count). The lowest BCUT2D eigenvalue weighted by atomic mass is 10.1. The van der Waals surface area contributed by atoms with E-state index in [0.29, 0.717) is 0 Å². The van der Waals surface area contributed by atoms with Gasteiger partial charge in [0.05, 0.1) is 14.2 Å². The van der Waals surface area contributed by atoms with Crippen LogP contribution in [0, 0.1) is 0 Å². The maximum atomic E-state index is 11.8. The van der Waals surface area contributed by atoms with Gasteiger partial charge in [-0.05, 0) is 60.4 Å². The third-order valence-corrected chi connectivity index (χ3v) is 3.59. The molecular weight excluding hydrogens is 300 g/mol. The van der Waals surface area contributed by atoms with E-state index in [9.17, 15) is 4.79 Å². The molecule has 124 valence electrons. The van der Waals surface area contributed by atoms with Gasteiger partial charge in [0.1, 0.15) is 11.5 Å². The smallest absolute Gasteiger partial charge is 0.178 e. The number of allylic oxidation sites excluding steroid dienone is 4. The van der Waals surface area contributed by atoms with Crippen molar-refractivity contribution in [3.8, 4) is 11.5 Å². The van der Waals surface area contributed by atoms with Crippen molar-refractivity contribution in [1.82, 2.24) is 0 Å². The standard InChI is InChI=1S/C21H22O3/c1-23-20-13-9-17(10-14-20)5-3-7-19(22)8-4-6-18-11-15-21(24-2)16-12-18/h3-4,7-16H,5-6H2,1-2H3. The molecule has 0 unspecified atom stereocenters. The molecule has 0 aliphatic heterocycles. The van der Waals surface area contributed by atoms with Crippen LogP contribution >= 0.6 is 0 Å². The number of hydrogen-bond donors (Lipinski definition) is 0. The molecule has 0 radical (unpaired) electrons. The van der Waals surface area contributed by atoms with Crippen LogP contribution < -0.4 is 9.47 Å². The molecule has 0 aliphatic carbocycles. The van der Waals surface area contributed by atoms with Crippen LogP contribution in [0.5, 0.6) is 11.5 Å². The predicted octanol–water partition coefficient (Wildman–Crippen LogP) is 4.17. The molecule has 24 heavy (non-hydrogen) atoms. The van der Waals surface area contributed by atoms with Gasteiger partial charge in [-0.2, -0.15) is 0 Å². The highest BCUT2D eigenvalue weighted by atomic mass is 16.5. The lowest BCUT2D eigenvalue weighted by Crippen LogP contribution is -1.89. The van der Waals surface area contributed by atoms with Gasteiger partial charge in [0, 0.05) is 0 Å². The Morgan fingerprint density at radius 2 is 1.12 bits per heavy atom. The predicted molar refractivity (Wildman–Crippen MR) is 96.7 cm³/mol. The van der Waals surface area contributed by atoms with Crippen molar-refractivity contribution in [2.75, 3.05) is 14.2 Å². The first-order valence-electron chi connectivity index (χ1n) is 7.84. The van der Waals surface area contributed by atoms with E-state index in [4.69, 9.17) is 9.47 Å². The molecule has 0 bridgehead atoms. The summed E-state index contributed by atoms with van der Waals surface area (Å²) in [5, 5.41) is 0. The third kappa shape index (κ3) is 5.76. The van der Waals surface area contributed by atoms with Crippen LogP contribution in [0.2, 0.25) is 0 Å². The lowest BCUT2D eigenvalue weighted by molar-refractivity contribution is -0.110. The van der Waals surface area contributed by atoms with Crippen molar-refractivity contribution < 1.29 is 14.3 Å². The molecule has 0 amide bonds. The zero-order valence-electron chi connectivity index (χ0n) is 14.1. The monoisotopic (exact) mass is 322 g/mol. The highest BCUT2D eigenvalue weighted by molar-refractivity contribution is 5.99. The molecular formula is C21H22O3. The van der Waals surface area contributed by atoms with Gasteiger partial charge < -0.3 is 9.47 Å². The van der Waals surface area contributed by atoms with Crippen LogP contribution in [0.1, 0.15) is 11.1 Å². The number of carbonyl (C=O) groups is 1. The van der Waals surface area contributed by atoms with Crippen molar-refractivity contribution in [3.63, 3.8) is 0 Å². The molecule has 2 aromatic rings. The van der Waals surface area contributed by atoms with Crippen LogP contribution in [0.25, 0.3) is 0 Å². The Morgan fingerprint density at radius 3 is 1.46 bits per heavy atom. The number of benzene rings is 2. The summed E-state index contributed by atoms with van der Waals surface area (Å²) in [7, 11) is 3.29. The van der Waals surface area contributed by atoms with Gasteiger partial charge in [0.2, 0.25) is 0 Å². The second-order valence-electron chi connectivity index (χ2n) is 5.31. The maximum absolute atomic E-state index is 11.8. The summed E-state index contributed by atoms with van der Waals surface area (Å²) >= 11 is 0. The maximum Gasteiger partial charge on any atom is 0.178 e. The van der Waals surface area contributed by atoms with Gasteiger partial charge in [0.15, 0.2) is 5.78 Å². The zero-order chi connectivity index (χ0) is 17.2. The van der Waals surface area contributed by atoms with Crippen LogP contribution in [0.4, 0.5) is 0 Å². The number of rotatable bonds is 8. The molecule has 0 fully saturated rings. The van der Waals surface area contributed by atoms with E-state index in [0.717, 1.165) is 35.5 Å². The Balaban J connectivity index is 1.78. The molecule has 0 aromatic heterocycles. The van der Waals surface area contributed by atoms with Crippen molar-refractivity contribution in [2.24, 2.45) is 0 Å². The van der Waals surface area contributed by atoms with Gasteiger partial charge in [-0.3, -0.25) is 4.79 Å². The van der Waals surface area contributed by atoms with Crippen LogP contribution in [0.15, 0.2) is 72.8 Å². The summed E-state index contributed by atoms with van der Waals surface area (Å²) in [6.45, 7) is 0. The Labute approximate surface area is 143 Å². The highest BCUT2D eigenvalue weighted by Crippen LogP contribution is 2.12. The second kappa shape index (κ2) is 9.36. The molecule has 0 saturated heterocycles. The van der Waals surface area contributed by atoms with Crippen molar-refractivity contribution >= 4 is 5.78 Å². The minimum atomic E-state index is -0.00276. The molecule has 3 heteroatoms. The minimum absolute atomic E-state index is 0.00276. The molecule has 3 nitrogen and oxygen atoms in total. The van der Waals surface area contributed by atoms with Crippen molar-refractivity contribution in [2.45, 2.75) is 12.8 Å². The first-order chi connectivity index (χ1) is 11.7. The zero-order valence-corrected chi connectivity index (χ0v) is 14.1. The molecule has 0 atom stereocenters. The first-order valence-corrected chi connectivity index (χ1v) is 7.84. The van der Waals surface area contributed by atoms with Gasteiger partial charge in [0.25, 0.3) is 0 Å². The van der Waals surface area contributed by atoms with E-state index < -0.39 is 0 Å². The Bertz CT molecular complexity index is 633. The Hall–Kier alpha value is -2.81. The quantitative estimate of drug-likeness (QED) is 0.684. The molecule has 0 heterocycles. The van der Waals surface area contributed by atoms with E-state index in [-0.39, 0.29) is 5.78 Å². The summed E-state index contributed by atoms with van der Waals surface area (Å²) < 4.78 is 10.2. The topological polar surface area (TPSA) is 35.5 Å². The fourth-order valence-corrected chi connectivity index (χ4v) is 2.20. The van der Waals surface area contributed by atoms with Crippen molar-refractivity contribution in [3.05, 3.63) is 84.0 Å². The Kier molecular flexibility index (Phi) is 6.84. The van der Waals surface area contributed by atoms with E-state index >= 15 is 0 Å². The second-order valence-corrected chi connectivity index (χ2v) is 5.31. The number of carbonyl (C=O) groups excluding carboxylic acids is 1. The van der Waals surface area contributed by atoms with E-state index in [1.807, 2.05) is 60.7 Å². The van der Waals surface area contributed by atoms with Gasteiger partial charge >= 0.3 is 0 Å². The first kappa shape index (κ1) is 17.5. The van der Waals surface area contributed by atoms with E-state index in [1.165, 1.54) is 0 Å². The number of ketones is 1. The number of hydrogen-bond acceptors (Lipinski definition) is 3. The molecule has 0 saturated carbocycles. The number of ether oxygens (including phenoxy) is 2. The lowest BCUT2D eigenvalue weighted by Gasteiger charge is -2.00. The number of methoxy groups -OCH3 is 2. The van der Waals surface area contributed by atoms with Crippen LogP contribution in [0.3, 0.4) is 0 Å². The minimum Gasteiger partial charge on any atom is -0.497 e. The average Bonchev–Trinajstić information content (AvgIpc) is 2.63. The fraction of sp³-hybridized carbons (Fsp3) is 0.190. The van der Waals surface area contributed by atoms with Crippen molar-refractivity contribution in [1.29, 1.82) is 0 Å². The highest BCUT2D eigenvalue weighted by Gasteiger charge is 1.95. The molecule has 2 aromatic carbocycles. The summed E-state index contributed by atoms with van der Waals surface area (Å²) in [4.78, 5) is 11.8. The van der Waals surface area contributed by atoms with Crippen LogP contribution in [-0.2, 0) is 17.6 Å². The Morgan fingerprint density at radius 1 is 0.750 bits per heavy atom. The van der Waals surface area contributed by atoms with Crippen LogP contribution in [-0.4, -0.2) is 20.0 Å². The molecule has 0 spiro atoms. The normalized spacial score (nSPS) is 11.1. The third-order valence-electron chi connectivity index (χ3n) is 3.59. The van der Waals surface area contributed by atoms with Gasteiger partial charge in [-0.15, -0.1) is 0 Å². The summed E-state index contributed by atoms with van der Waals surface area (Å²) in [5.41, 5.74) is 2.28. The largest absolute Gasteiger partial charge is 0.497 e. The molecule has 0 aliphatic rings. The van der Waals surface area contributed by atoms with Gasteiger partial charge in [-0.1, -0.05) is 36.4 Å². The van der Waals surface area contributed by atoms with Gasteiger partial charge in [-0.25, -0.2) is 0 Å². The average molecular weight is 322 g/mol.